The van der Waals surface area contributed by atoms with Crippen molar-refractivity contribution in [2.45, 2.75) is 6.37 Å². The number of benzene rings is 1. The molecule has 0 unspecified atom stereocenters. The van der Waals surface area contributed by atoms with Crippen LogP contribution in [0.3, 0.4) is 0 Å². The molecule has 0 bridgehead atoms. The van der Waals surface area contributed by atoms with Crippen LogP contribution in [0.1, 0.15) is 10.4 Å². The van der Waals surface area contributed by atoms with E-state index >= 15 is 0 Å². The number of nitrogens with one attached hydrogen (secondary N) is 1. The minimum Gasteiger partial charge on any atom is -0.355 e. The third kappa shape index (κ3) is 3.30. The van der Waals surface area contributed by atoms with E-state index in [1.165, 1.54) is 31.3 Å². The van der Waals surface area contributed by atoms with Crippen molar-refractivity contribution in [3.8, 4) is 0 Å². The smallest absolute Gasteiger partial charge is 0.251 e. The lowest BCUT2D eigenvalue weighted by atomic mass is 10.2. The molecule has 1 aromatic carbocycles. The third-order valence-corrected chi connectivity index (χ3v) is 7.26. The Morgan fingerprint density at radius 1 is 1.29 bits per heavy atom. The van der Waals surface area contributed by atoms with Gasteiger partial charge in [-0.2, -0.15) is 0 Å². The molecule has 1 N–H and O–H groups in total. The number of hydrogen-bond acceptors (Lipinski definition) is 3. The van der Waals surface area contributed by atoms with E-state index in [1.807, 2.05) is 0 Å². The minimum absolute atomic E-state index is 0.0317. The summed E-state index contributed by atoms with van der Waals surface area (Å²) >= 11 is 8.88. The van der Waals surface area contributed by atoms with Crippen LogP contribution in [-0.4, -0.2) is 22.8 Å². The Kier molecular flexibility index (Phi) is 4.79. The van der Waals surface area contributed by atoms with Gasteiger partial charge < -0.3 is 5.32 Å². The van der Waals surface area contributed by atoms with Gasteiger partial charge in [0.05, 0.1) is 4.90 Å². The van der Waals surface area contributed by atoms with Gasteiger partial charge in [-0.25, -0.2) is 8.42 Å². The van der Waals surface area contributed by atoms with E-state index in [0.29, 0.717) is 0 Å². The van der Waals surface area contributed by atoms with E-state index in [9.17, 15) is 13.2 Å². The second-order valence-electron chi connectivity index (χ2n) is 3.06. The number of hydrogen-bond donors (Lipinski definition) is 1. The summed E-state index contributed by atoms with van der Waals surface area (Å²) in [5.41, 5.74) is 0.283. The quantitative estimate of drug-likeness (QED) is 0.706. The van der Waals surface area contributed by atoms with Gasteiger partial charge in [-0.05, 0) is 66.0 Å². The zero-order valence-corrected chi connectivity index (χ0v) is 14.2. The average molecular weight is 450 g/mol. The number of amides is 1. The summed E-state index contributed by atoms with van der Waals surface area (Å²) in [6.45, 7) is 0. The molecule has 0 heterocycles. The van der Waals surface area contributed by atoms with Gasteiger partial charge in [0, 0.05) is 12.6 Å². The first-order chi connectivity index (χ1) is 7.70. The van der Waals surface area contributed by atoms with E-state index in [-0.39, 0.29) is 16.4 Å². The third-order valence-electron chi connectivity index (χ3n) is 1.94. The van der Waals surface area contributed by atoms with Crippen LogP contribution in [0.15, 0.2) is 29.2 Å². The molecule has 0 saturated heterocycles. The SMILES string of the molecule is CNC(=O)c1cccc(S(=O)(=O)C(Br)(Br)Br)c1. The number of carbonyl (C=O) groups is 1. The molecule has 17 heavy (non-hydrogen) atoms. The van der Waals surface area contributed by atoms with Crippen LogP contribution < -0.4 is 5.32 Å². The normalized spacial score (nSPS) is 12.2. The maximum absolute atomic E-state index is 12.0. The molecule has 0 spiro atoms. The lowest BCUT2D eigenvalue weighted by Gasteiger charge is -2.14. The molecule has 8 heteroatoms. The Morgan fingerprint density at radius 3 is 2.35 bits per heavy atom. The topological polar surface area (TPSA) is 63.2 Å². The molecule has 94 valence electrons. The second kappa shape index (κ2) is 5.38. The summed E-state index contributed by atoms with van der Waals surface area (Å²) in [6, 6.07) is 5.78. The largest absolute Gasteiger partial charge is 0.355 e. The molecule has 0 fully saturated rings. The maximum Gasteiger partial charge on any atom is 0.251 e. The summed E-state index contributed by atoms with van der Waals surface area (Å²) in [5, 5.41) is 2.43. The number of rotatable bonds is 2. The first-order valence-corrected chi connectivity index (χ1v) is 8.20. The first kappa shape index (κ1) is 15.1. The highest BCUT2D eigenvalue weighted by molar-refractivity contribution is 9.42. The summed E-state index contributed by atoms with van der Waals surface area (Å²) in [5.74, 6) is -0.341. The van der Waals surface area contributed by atoms with Crippen molar-refractivity contribution in [2.24, 2.45) is 0 Å². The van der Waals surface area contributed by atoms with Gasteiger partial charge in [0.2, 0.25) is 11.3 Å². The Labute approximate surface area is 124 Å². The second-order valence-corrected chi connectivity index (χ2v) is 13.5. The van der Waals surface area contributed by atoms with Gasteiger partial charge >= 0.3 is 0 Å². The van der Waals surface area contributed by atoms with Gasteiger partial charge in [-0.1, -0.05) is 6.07 Å². The number of alkyl halides is 3. The van der Waals surface area contributed by atoms with Crippen LogP contribution in [0.5, 0.6) is 0 Å². The Morgan fingerprint density at radius 2 is 1.88 bits per heavy atom. The summed E-state index contributed by atoms with van der Waals surface area (Å²) in [4.78, 5) is 11.4. The van der Waals surface area contributed by atoms with Crippen LogP contribution >= 0.6 is 47.8 Å². The monoisotopic (exact) mass is 447 g/mol. The molecule has 0 atom stereocenters. The molecule has 4 nitrogen and oxygen atoms in total. The van der Waals surface area contributed by atoms with Crippen LogP contribution in [-0.2, 0) is 9.84 Å². The first-order valence-electron chi connectivity index (χ1n) is 4.33. The average Bonchev–Trinajstić information content (AvgIpc) is 2.26. The number of carbonyl (C=O) groups excluding carboxylic acids is 1. The lowest BCUT2D eigenvalue weighted by molar-refractivity contribution is 0.0963. The molecule has 1 aromatic rings. The van der Waals surface area contributed by atoms with Crippen molar-refractivity contribution in [3.63, 3.8) is 0 Å². The van der Waals surface area contributed by atoms with Crippen molar-refractivity contribution in [3.05, 3.63) is 29.8 Å². The van der Waals surface area contributed by atoms with Gasteiger partial charge in [0.25, 0.3) is 5.91 Å². The van der Waals surface area contributed by atoms with E-state index in [2.05, 4.69) is 53.1 Å². The van der Waals surface area contributed by atoms with Crippen molar-refractivity contribution >= 4 is 63.5 Å². The maximum atomic E-state index is 12.0. The number of sulfone groups is 1. The van der Waals surface area contributed by atoms with Gasteiger partial charge in [-0.15, -0.1) is 0 Å². The zero-order valence-electron chi connectivity index (χ0n) is 8.58. The van der Waals surface area contributed by atoms with Gasteiger partial charge in [0.15, 0.2) is 0 Å². The fraction of sp³-hybridized carbons (Fsp3) is 0.222. The molecule has 0 aromatic heterocycles. The molecule has 0 aliphatic rings. The van der Waals surface area contributed by atoms with E-state index < -0.39 is 11.3 Å². The molecule has 0 radical (unpaired) electrons. The van der Waals surface area contributed by atoms with E-state index in [0.717, 1.165) is 0 Å². The Balaban J connectivity index is 3.31. The van der Waals surface area contributed by atoms with E-state index in [1.54, 1.807) is 0 Å². The summed E-state index contributed by atoms with van der Waals surface area (Å²) < 4.78 is 22.6. The fourth-order valence-electron chi connectivity index (χ4n) is 1.08. The van der Waals surface area contributed by atoms with Crippen LogP contribution in [0.2, 0.25) is 0 Å². The van der Waals surface area contributed by atoms with Crippen molar-refractivity contribution < 1.29 is 13.2 Å². The lowest BCUT2D eigenvalue weighted by Crippen LogP contribution is -2.20. The predicted molar refractivity (Wildman–Crippen MR) is 76.5 cm³/mol. The molecular formula is C9H8Br3NO3S. The standard InChI is InChI=1S/C9H8Br3NO3S/c1-13-8(14)6-3-2-4-7(5-6)17(15,16)9(10,11)12/h2-5H,1H3,(H,13,14). The van der Waals surface area contributed by atoms with Gasteiger partial charge in [-0.3, -0.25) is 4.79 Å². The molecule has 1 rings (SSSR count). The minimum atomic E-state index is -3.67. The molecule has 0 saturated carbocycles. The highest BCUT2D eigenvalue weighted by Gasteiger charge is 2.37. The molecule has 1 amide bonds. The van der Waals surface area contributed by atoms with Crippen LogP contribution in [0.25, 0.3) is 0 Å². The van der Waals surface area contributed by atoms with E-state index in [4.69, 9.17) is 0 Å². The van der Waals surface area contributed by atoms with Crippen LogP contribution in [0.4, 0.5) is 0 Å². The number of halogens is 3. The fourth-order valence-corrected chi connectivity index (χ4v) is 3.57. The molecule has 0 aliphatic heterocycles. The van der Waals surface area contributed by atoms with Gasteiger partial charge in [0.1, 0.15) is 0 Å². The highest BCUT2D eigenvalue weighted by atomic mass is 80.0. The zero-order chi connectivity index (χ0) is 13.3. The van der Waals surface area contributed by atoms with Crippen molar-refractivity contribution in [1.29, 1.82) is 0 Å². The molecular weight excluding hydrogens is 442 g/mol. The summed E-state index contributed by atoms with van der Waals surface area (Å²) in [7, 11) is -2.19. The Bertz CT molecular complexity index is 537. The predicted octanol–water partition coefficient (Wildman–Crippen LogP) is 2.62. The summed E-state index contributed by atoms with van der Waals surface area (Å²) in [6.07, 6.45) is 0. The Hall–Kier alpha value is 0.0800. The van der Waals surface area contributed by atoms with Crippen molar-refractivity contribution in [2.75, 3.05) is 7.05 Å². The molecule has 0 aliphatic carbocycles. The van der Waals surface area contributed by atoms with Crippen LogP contribution in [0, 0.1) is 0 Å². The highest BCUT2D eigenvalue weighted by Crippen LogP contribution is 2.43. The van der Waals surface area contributed by atoms with Crippen molar-refractivity contribution in [1.82, 2.24) is 5.32 Å².